The van der Waals surface area contributed by atoms with Gasteiger partial charge in [0.1, 0.15) is 0 Å². The Kier molecular flexibility index (Phi) is 3.00. The van der Waals surface area contributed by atoms with Gasteiger partial charge in [0.15, 0.2) is 0 Å². The molecular weight excluding hydrogens is 266 g/mol. The molecule has 22 heavy (non-hydrogen) atoms. The van der Waals surface area contributed by atoms with E-state index in [-0.39, 0.29) is 0 Å². The van der Waals surface area contributed by atoms with Crippen molar-refractivity contribution in [2.45, 2.75) is 12.8 Å². The summed E-state index contributed by atoms with van der Waals surface area (Å²) in [6, 6.07) is 26.1. The molecule has 0 saturated carbocycles. The zero-order valence-electron chi connectivity index (χ0n) is 13.0. The Balaban J connectivity index is 1.98. The van der Waals surface area contributed by atoms with E-state index in [9.17, 15) is 0 Å². The van der Waals surface area contributed by atoms with Crippen LogP contribution in [0.5, 0.6) is 0 Å². The van der Waals surface area contributed by atoms with Crippen LogP contribution in [0.15, 0.2) is 72.8 Å². The molecule has 1 aliphatic rings. The van der Waals surface area contributed by atoms with E-state index in [0.717, 1.165) is 0 Å². The summed E-state index contributed by atoms with van der Waals surface area (Å²) in [4.78, 5) is 2.34. The second-order valence-corrected chi connectivity index (χ2v) is 5.95. The first-order valence-electron chi connectivity index (χ1n) is 7.78. The van der Waals surface area contributed by atoms with Crippen LogP contribution in [0, 0.1) is 0 Å². The van der Waals surface area contributed by atoms with Crippen molar-refractivity contribution in [1.29, 1.82) is 0 Å². The Morgan fingerprint density at radius 1 is 0.727 bits per heavy atom. The molecule has 1 nitrogen and oxygen atoms in total. The van der Waals surface area contributed by atoms with E-state index in [1.165, 1.54) is 33.6 Å². The number of hydrogen-bond donors (Lipinski definition) is 0. The van der Waals surface area contributed by atoms with Crippen molar-refractivity contribution in [2.75, 3.05) is 11.9 Å². The van der Waals surface area contributed by atoms with Crippen molar-refractivity contribution in [3.05, 3.63) is 83.9 Å². The molecule has 1 atom stereocenters. The predicted molar refractivity (Wildman–Crippen MR) is 93.9 cm³/mol. The monoisotopic (exact) mass is 285 g/mol. The average Bonchev–Trinajstić information content (AvgIpc) is 2.60. The summed E-state index contributed by atoms with van der Waals surface area (Å²) < 4.78 is 0. The van der Waals surface area contributed by atoms with Gasteiger partial charge >= 0.3 is 0 Å². The van der Waals surface area contributed by atoms with Crippen LogP contribution in [0.3, 0.4) is 0 Å². The van der Waals surface area contributed by atoms with E-state index in [1.807, 2.05) is 0 Å². The summed E-state index contributed by atoms with van der Waals surface area (Å²) >= 11 is 0. The van der Waals surface area contributed by atoms with Gasteiger partial charge in [-0.1, -0.05) is 73.7 Å². The standard InChI is InChI=1S/C21H19N/c1-15-17-11-6-7-14-20(17)22(2)21-18(15)12-8-13-19(21)16-9-4-3-5-10-16/h3-15H,1-2H3. The second-order valence-electron chi connectivity index (χ2n) is 5.95. The number of fused-ring (bicyclic) bond motifs is 2. The van der Waals surface area contributed by atoms with Crippen molar-refractivity contribution in [2.24, 2.45) is 0 Å². The highest BCUT2D eigenvalue weighted by Gasteiger charge is 2.27. The van der Waals surface area contributed by atoms with Gasteiger partial charge in [-0.25, -0.2) is 0 Å². The Morgan fingerprint density at radius 2 is 1.41 bits per heavy atom. The first-order valence-corrected chi connectivity index (χ1v) is 7.78. The van der Waals surface area contributed by atoms with Crippen molar-refractivity contribution in [3.8, 4) is 11.1 Å². The molecule has 1 aliphatic heterocycles. The number of benzene rings is 3. The molecule has 0 radical (unpaired) electrons. The van der Waals surface area contributed by atoms with Gasteiger partial charge in [0.25, 0.3) is 0 Å². The zero-order chi connectivity index (χ0) is 15.1. The SMILES string of the molecule is CC1c2ccccc2N(C)c2c(-c3ccccc3)cccc21. The predicted octanol–water partition coefficient (Wildman–Crippen LogP) is 5.59. The van der Waals surface area contributed by atoms with Gasteiger partial charge in [0.05, 0.1) is 5.69 Å². The molecule has 0 saturated heterocycles. The summed E-state index contributed by atoms with van der Waals surface area (Å²) in [6.45, 7) is 2.30. The van der Waals surface area contributed by atoms with Crippen LogP contribution >= 0.6 is 0 Å². The molecule has 0 aliphatic carbocycles. The number of anilines is 2. The molecule has 0 fully saturated rings. The summed E-state index contributed by atoms with van der Waals surface area (Å²) in [5, 5.41) is 0. The number of para-hydroxylation sites is 2. The highest BCUT2D eigenvalue weighted by molar-refractivity contribution is 5.88. The minimum absolute atomic E-state index is 0.422. The molecule has 1 heterocycles. The van der Waals surface area contributed by atoms with Crippen LogP contribution in [-0.4, -0.2) is 7.05 Å². The van der Waals surface area contributed by atoms with Gasteiger partial charge in [-0.15, -0.1) is 0 Å². The quantitative estimate of drug-likeness (QED) is 0.563. The highest BCUT2D eigenvalue weighted by atomic mass is 15.1. The maximum Gasteiger partial charge on any atom is 0.0526 e. The molecule has 0 bridgehead atoms. The molecule has 1 heteroatoms. The van der Waals surface area contributed by atoms with Gasteiger partial charge < -0.3 is 4.90 Å². The maximum atomic E-state index is 2.34. The minimum Gasteiger partial charge on any atom is -0.344 e. The lowest BCUT2D eigenvalue weighted by Gasteiger charge is -2.35. The van der Waals surface area contributed by atoms with Crippen molar-refractivity contribution in [3.63, 3.8) is 0 Å². The zero-order valence-corrected chi connectivity index (χ0v) is 13.0. The molecule has 0 amide bonds. The lowest BCUT2D eigenvalue weighted by Crippen LogP contribution is -2.21. The number of rotatable bonds is 1. The van der Waals surface area contributed by atoms with E-state index in [0.29, 0.717) is 5.92 Å². The highest BCUT2D eigenvalue weighted by Crippen LogP contribution is 2.48. The van der Waals surface area contributed by atoms with Gasteiger partial charge in [-0.05, 0) is 22.8 Å². The maximum absolute atomic E-state index is 2.34. The van der Waals surface area contributed by atoms with Crippen LogP contribution in [0.4, 0.5) is 11.4 Å². The first-order chi connectivity index (χ1) is 10.8. The van der Waals surface area contributed by atoms with Crippen molar-refractivity contribution >= 4 is 11.4 Å². The summed E-state index contributed by atoms with van der Waals surface area (Å²) in [5.41, 5.74) is 8.04. The third-order valence-corrected chi connectivity index (χ3v) is 4.72. The van der Waals surface area contributed by atoms with Crippen molar-refractivity contribution < 1.29 is 0 Å². The third kappa shape index (κ3) is 1.86. The molecular formula is C21H19N. The molecule has 0 N–H and O–H groups in total. The van der Waals surface area contributed by atoms with Crippen molar-refractivity contribution in [1.82, 2.24) is 0 Å². The Labute approximate surface area is 131 Å². The van der Waals surface area contributed by atoms with Gasteiger partial charge in [-0.2, -0.15) is 0 Å². The Bertz CT molecular complexity index is 820. The molecule has 3 aromatic carbocycles. The van der Waals surface area contributed by atoms with Crippen LogP contribution in [-0.2, 0) is 0 Å². The molecule has 4 rings (SSSR count). The summed E-state index contributed by atoms with van der Waals surface area (Å²) in [6.07, 6.45) is 0. The molecule has 1 unspecified atom stereocenters. The summed E-state index contributed by atoms with van der Waals surface area (Å²) in [5.74, 6) is 0.422. The normalized spacial score (nSPS) is 16.1. The molecule has 3 aromatic rings. The Morgan fingerprint density at radius 3 is 2.23 bits per heavy atom. The molecule has 0 spiro atoms. The first kappa shape index (κ1) is 13.1. The van der Waals surface area contributed by atoms with Gasteiger partial charge in [0, 0.05) is 24.2 Å². The van der Waals surface area contributed by atoms with Crippen LogP contribution in [0.2, 0.25) is 0 Å². The Hall–Kier alpha value is -2.54. The molecule has 108 valence electrons. The third-order valence-electron chi connectivity index (χ3n) is 4.72. The average molecular weight is 285 g/mol. The van der Waals surface area contributed by atoms with E-state index in [2.05, 4.69) is 91.7 Å². The number of nitrogens with zero attached hydrogens (tertiary/aromatic N) is 1. The topological polar surface area (TPSA) is 3.24 Å². The van der Waals surface area contributed by atoms with E-state index in [4.69, 9.17) is 0 Å². The lowest BCUT2D eigenvalue weighted by atomic mass is 9.84. The fourth-order valence-electron chi connectivity index (χ4n) is 3.58. The van der Waals surface area contributed by atoms with E-state index < -0.39 is 0 Å². The van der Waals surface area contributed by atoms with E-state index >= 15 is 0 Å². The molecule has 0 aromatic heterocycles. The largest absolute Gasteiger partial charge is 0.344 e. The van der Waals surface area contributed by atoms with Gasteiger partial charge in [0.2, 0.25) is 0 Å². The van der Waals surface area contributed by atoms with Crippen LogP contribution in [0.25, 0.3) is 11.1 Å². The summed E-state index contributed by atoms with van der Waals surface area (Å²) in [7, 11) is 2.18. The fraction of sp³-hybridized carbons (Fsp3) is 0.143. The van der Waals surface area contributed by atoms with Gasteiger partial charge in [-0.3, -0.25) is 0 Å². The smallest absolute Gasteiger partial charge is 0.0526 e. The lowest BCUT2D eigenvalue weighted by molar-refractivity contribution is 0.883. The van der Waals surface area contributed by atoms with Crippen LogP contribution < -0.4 is 4.90 Å². The van der Waals surface area contributed by atoms with Crippen LogP contribution in [0.1, 0.15) is 24.0 Å². The van der Waals surface area contributed by atoms with E-state index in [1.54, 1.807) is 0 Å². The minimum atomic E-state index is 0.422. The number of hydrogen-bond acceptors (Lipinski definition) is 1. The fourth-order valence-corrected chi connectivity index (χ4v) is 3.58. The second kappa shape index (κ2) is 5.03.